The van der Waals surface area contributed by atoms with Gasteiger partial charge in [-0.3, -0.25) is 14.9 Å². The summed E-state index contributed by atoms with van der Waals surface area (Å²) in [5.74, 6) is -0.267. The molecule has 1 aromatic heterocycles. The number of nitrogens with one attached hydrogen (secondary N) is 2. The molecule has 170 valence electrons. The number of imide groups is 1. The van der Waals surface area contributed by atoms with Crippen molar-refractivity contribution in [3.63, 3.8) is 0 Å². The summed E-state index contributed by atoms with van der Waals surface area (Å²) >= 11 is 0. The quantitative estimate of drug-likeness (QED) is 0.654. The van der Waals surface area contributed by atoms with Crippen LogP contribution < -0.4 is 16.2 Å². The number of piperidine rings is 2. The molecule has 3 aliphatic rings. The van der Waals surface area contributed by atoms with Crippen molar-refractivity contribution >= 4 is 11.9 Å². The number of rotatable bonds is 7. The van der Waals surface area contributed by atoms with E-state index in [1.807, 2.05) is 6.07 Å². The first-order valence-electron chi connectivity index (χ1n) is 11.4. The van der Waals surface area contributed by atoms with Gasteiger partial charge in [0.15, 0.2) is 0 Å². The van der Waals surface area contributed by atoms with Gasteiger partial charge in [0.05, 0.1) is 18.8 Å². The molecule has 9 nitrogen and oxygen atoms in total. The van der Waals surface area contributed by atoms with E-state index in [4.69, 9.17) is 4.74 Å². The SMILES string of the molecule is O=C1CCN(Cc2cccn(CCN3CCC(OC4CCNCC4)CC3)c2=O)C(=O)N1. The molecule has 3 amide bonds. The summed E-state index contributed by atoms with van der Waals surface area (Å²) in [6, 6.07) is 3.18. The summed E-state index contributed by atoms with van der Waals surface area (Å²) in [6.45, 7) is 6.10. The Bertz CT molecular complexity index is 827. The maximum atomic E-state index is 12.9. The van der Waals surface area contributed by atoms with Crippen molar-refractivity contribution in [3.8, 4) is 0 Å². The zero-order valence-electron chi connectivity index (χ0n) is 18.1. The highest BCUT2D eigenvalue weighted by Crippen LogP contribution is 2.19. The smallest absolute Gasteiger partial charge is 0.324 e. The second kappa shape index (κ2) is 10.4. The van der Waals surface area contributed by atoms with Gasteiger partial charge in [0.2, 0.25) is 5.91 Å². The zero-order valence-corrected chi connectivity index (χ0v) is 18.1. The van der Waals surface area contributed by atoms with Gasteiger partial charge in [-0.1, -0.05) is 6.07 Å². The Morgan fingerprint density at radius 2 is 1.71 bits per heavy atom. The summed E-state index contributed by atoms with van der Waals surface area (Å²) < 4.78 is 8.01. The van der Waals surface area contributed by atoms with Gasteiger partial charge in [0.1, 0.15) is 0 Å². The molecule has 3 aliphatic heterocycles. The molecule has 31 heavy (non-hydrogen) atoms. The first kappa shape index (κ1) is 22.0. The highest BCUT2D eigenvalue weighted by molar-refractivity contribution is 5.96. The fraction of sp³-hybridized carbons (Fsp3) is 0.682. The minimum absolute atomic E-state index is 0.0728. The van der Waals surface area contributed by atoms with E-state index >= 15 is 0 Å². The molecule has 3 saturated heterocycles. The van der Waals surface area contributed by atoms with E-state index in [1.54, 1.807) is 16.8 Å². The molecule has 0 saturated carbocycles. The number of amides is 3. The van der Waals surface area contributed by atoms with E-state index < -0.39 is 6.03 Å². The van der Waals surface area contributed by atoms with Gasteiger partial charge in [0.25, 0.3) is 5.56 Å². The van der Waals surface area contributed by atoms with Crippen molar-refractivity contribution in [2.24, 2.45) is 0 Å². The summed E-state index contributed by atoms with van der Waals surface area (Å²) in [5, 5.41) is 5.67. The largest absolute Gasteiger partial charge is 0.375 e. The fourth-order valence-electron chi connectivity index (χ4n) is 4.56. The Morgan fingerprint density at radius 3 is 2.45 bits per heavy atom. The van der Waals surface area contributed by atoms with Crippen molar-refractivity contribution in [3.05, 3.63) is 34.2 Å². The Kier molecular flexibility index (Phi) is 7.37. The van der Waals surface area contributed by atoms with Crippen LogP contribution in [0.3, 0.4) is 0 Å². The predicted octanol–water partition coefficient (Wildman–Crippen LogP) is 0.523. The van der Waals surface area contributed by atoms with Gasteiger partial charge in [-0.25, -0.2) is 4.79 Å². The topological polar surface area (TPSA) is 95.9 Å². The highest BCUT2D eigenvalue weighted by atomic mass is 16.5. The Balaban J connectivity index is 1.24. The van der Waals surface area contributed by atoms with Gasteiger partial charge in [0, 0.05) is 50.9 Å². The van der Waals surface area contributed by atoms with Crippen molar-refractivity contribution < 1.29 is 14.3 Å². The molecule has 1 aromatic rings. The number of ether oxygens (including phenoxy) is 1. The van der Waals surface area contributed by atoms with Gasteiger partial charge >= 0.3 is 6.03 Å². The molecule has 0 aromatic carbocycles. The number of hydrogen-bond donors (Lipinski definition) is 2. The average molecular weight is 432 g/mol. The second-order valence-corrected chi connectivity index (χ2v) is 8.68. The third-order valence-corrected chi connectivity index (χ3v) is 6.47. The van der Waals surface area contributed by atoms with E-state index in [0.717, 1.165) is 58.4 Å². The Morgan fingerprint density at radius 1 is 0.968 bits per heavy atom. The number of aromatic nitrogens is 1. The molecule has 3 fully saturated rings. The van der Waals surface area contributed by atoms with E-state index in [9.17, 15) is 14.4 Å². The summed E-state index contributed by atoms with van der Waals surface area (Å²) in [6.07, 6.45) is 7.13. The minimum Gasteiger partial charge on any atom is -0.375 e. The van der Waals surface area contributed by atoms with E-state index in [2.05, 4.69) is 15.5 Å². The third-order valence-electron chi connectivity index (χ3n) is 6.47. The first-order valence-corrected chi connectivity index (χ1v) is 11.4. The third kappa shape index (κ3) is 5.93. The van der Waals surface area contributed by atoms with Gasteiger partial charge in [-0.15, -0.1) is 0 Å². The van der Waals surface area contributed by atoms with Gasteiger partial charge in [-0.05, 0) is 44.8 Å². The molecule has 9 heteroatoms. The number of urea groups is 1. The molecule has 0 radical (unpaired) electrons. The number of carbonyl (C=O) groups is 2. The van der Waals surface area contributed by atoms with Crippen molar-refractivity contribution in [2.45, 2.75) is 57.4 Å². The first-order chi connectivity index (χ1) is 15.1. The second-order valence-electron chi connectivity index (χ2n) is 8.68. The van der Waals surface area contributed by atoms with Gasteiger partial charge in [-0.2, -0.15) is 0 Å². The van der Waals surface area contributed by atoms with Crippen LogP contribution in [0.4, 0.5) is 4.79 Å². The van der Waals surface area contributed by atoms with Gasteiger partial charge < -0.3 is 24.4 Å². The molecule has 0 bridgehead atoms. The van der Waals surface area contributed by atoms with Crippen LogP contribution >= 0.6 is 0 Å². The van der Waals surface area contributed by atoms with E-state index in [0.29, 0.717) is 30.9 Å². The number of pyridine rings is 1. The number of hydrogen-bond acceptors (Lipinski definition) is 6. The van der Waals surface area contributed by atoms with Crippen LogP contribution in [0.1, 0.15) is 37.7 Å². The maximum absolute atomic E-state index is 12.9. The van der Waals surface area contributed by atoms with Crippen LogP contribution in [0, 0.1) is 0 Å². The molecule has 4 heterocycles. The van der Waals surface area contributed by atoms with Crippen molar-refractivity contribution in [1.29, 1.82) is 0 Å². The molecule has 2 N–H and O–H groups in total. The van der Waals surface area contributed by atoms with Crippen LogP contribution in [0.15, 0.2) is 23.1 Å². The summed E-state index contributed by atoms with van der Waals surface area (Å²) in [5.41, 5.74) is 0.498. The molecule has 0 unspecified atom stereocenters. The molecule has 0 atom stereocenters. The lowest BCUT2D eigenvalue weighted by molar-refractivity contribution is -0.121. The van der Waals surface area contributed by atoms with Crippen LogP contribution in [0.2, 0.25) is 0 Å². The maximum Gasteiger partial charge on any atom is 0.324 e. The molecule has 0 aliphatic carbocycles. The van der Waals surface area contributed by atoms with Crippen LogP contribution in [-0.4, -0.2) is 77.8 Å². The Hall–Kier alpha value is -2.23. The standard InChI is InChI=1S/C22H33N5O4/c28-20-7-13-27(22(30)24-20)16-17-2-1-10-26(21(17)29)15-14-25-11-5-19(6-12-25)31-18-3-8-23-9-4-18/h1-2,10,18-19,23H,3-9,11-16H2,(H,24,28,30). The highest BCUT2D eigenvalue weighted by Gasteiger charge is 2.25. The number of carbonyl (C=O) groups excluding carboxylic acids is 2. The van der Waals surface area contributed by atoms with Crippen LogP contribution in [-0.2, 0) is 22.6 Å². The fourth-order valence-corrected chi connectivity index (χ4v) is 4.56. The number of nitrogens with zero attached hydrogens (tertiary/aromatic N) is 3. The Labute approximate surface area is 182 Å². The monoisotopic (exact) mass is 431 g/mol. The van der Waals surface area contributed by atoms with Crippen molar-refractivity contribution in [2.75, 3.05) is 39.3 Å². The lowest BCUT2D eigenvalue weighted by Gasteiger charge is -2.35. The van der Waals surface area contributed by atoms with Crippen molar-refractivity contribution in [1.82, 2.24) is 25.0 Å². The van der Waals surface area contributed by atoms with E-state index in [-0.39, 0.29) is 24.4 Å². The molecule has 4 rings (SSSR count). The number of likely N-dealkylation sites (tertiary alicyclic amines) is 1. The molecular weight excluding hydrogens is 398 g/mol. The zero-order chi connectivity index (χ0) is 21.6. The minimum atomic E-state index is -0.430. The average Bonchev–Trinajstić information content (AvgIpc) is 2.78. The normalized spacial score (nSPS) is 22.0. The van der Waals surface area contributed by atoms with E-state index in [1.165, 1.54) is 4.90 Å². The predicted molar refractivity (Wildman–Crippen MR) is 116 cm³/mol. The lowest BCUT2D eigenvalue weighted by Crippen LogP contribution is -2.49. The van der Waals surface area contributed by atoms with Crippen LogP contribution in [0.25, 0.3) is 0 Å². The lowest BCUT2D eigenvalue weighted by atomic mass is 10.1. The van der Waals surface area contributed by atoms with Crippen LogP contribution in [0.5, 0.6) is 0 Å². The molecular formula is C22H33N5O4. The summed E-state index contributed by atoms with van der Waals surface area (Å²) in [4.78, 5) is 40.0. The summed E-state index contributed by atoms with van der Waals surface area (Å²) in [7, 11) is 0. The molecule has 0 spiro atoms.